The molecule has 8 heavy (non-hydrogen) atoms. The molecule has 0 rings (SSSR count). The van der Waals surface area contributed by atoms with Crippen LogP contribution in [0, 0.1) is 0 Å². The van der Waals surface area contributed by atoms with E-state index in [0.29, 0.717) is 0 Å². The molecule has 0 aromatic rings. The lowest BCUT2D eigenvalue weighted by atomic mass is 10.5. The first-order valence-electron chi connectivity index (χ1n) is 2.31. The molecule has 0 heterocycles. The van der Waals surface area contributed by atoms with Gasteiger partial charge in [-0.3, -0.25) is 0 Å². The van der Waals surface area contributed by atoms with E-state index in [2.05, 4.69) is 4.52 Å². The summed E-state index contributed by atoms with van der Waals surface area (Å²) in [6.45, 7) is 3.58. The van der Waals surface area contributed by atoms with Gasteiger partial charge in [-0.1, -0.05) is 6.08 Å². The number of carbonyl (C=O) groups is 1. The quantitative estimate of drug-likeness (QED) is 0.418. The highest BCUT2D eigenvalue weighted by Gasteiger charge is 1.88. The molecule has 0 radical (unpaired) electrons. The standard InChI is InChI=1S/C5H9O2P/c1-3-4-5(6)7-8-2/h3-4,8H,1-2H3/b4-3+. The van der Waals surface area contributed by atoms with Crippen molar-refractivity contribution in [1.82, 2.24) is 0 Å². The smallest absolute Gasteiger partial charge is 0.332 e. The maximum atomic E-state index is 10.3. The fourth-order valence-corrected chi connectivity index (χ4v) is 0.540. The van der Waals surface area contributed by atoms with Crippen LogP contribution < -0.4 is 0 Å². The van der Waals surface area contributed by atoms with Crippen LogP contribution in [-0.4, -0.2) is 12.6 Å². The lowest BCUT2D eigenvalue weighted by molar-refractivity contribution is -0.128. The SMILES string of the molecule is C/C=C/C(=O)OPC. The summed E-state index contributed by atoms with van der Waals surface area (Å²) in [6, 6.07) is 0. The Morgan fingerprint density at radius 1 is 1.75 bits per heavy atom. The molecule has 0 aromatic heterocycles. The van der Waals surface area contributed by atoms with E-state index in [1.54, 1.807) is 19.7 Å². The highest BCUT2D eigenvalue weighted by Crippen LogP contribution is 2.03. The monoisotopic (exact) mass is 132 g/mol. The minimum atomic E-state index is -0.256. The lowest BCUT2D eigenvalue weighted by Gasteiger charge is -1.91. The van der Waals surface area contributed by atoms with E-state index in [-0.39, 0.29) is 14.8 Å². The number of rotatable bonds is 2. The summed E-state index contributed by atoms with van der Waals surface area (Å²) in [5, 5.41) is 0. The summed E-state index contributed by atoms with van der Waals surface area (Å²) < 4.78 is 4.58. The minimum absolute atomic E-state index is 0.247. The van der Waals surface area contributed by atoms with E-state index in [9.17, 15) is 4.79 Å². The third kappa shape index (κ3) is 3.82. The fourth-order valence-electron chi connectivity index (χ4n) is 0.271. The predicted octanol–water partition coefficient (Wildman–Crippen LogP) is 1.33. The van der Waals surface area contributed by atoms with Gasteiger partial charge >= 0.3 is 5.97 Å². The van der Waals surface area contributed by atoms with Gasteiger partial charge in [0.05, 0.1) is 8.81 Å². The van der Waals surface area contributed by atoms with E-state index in [1.165, 1.54) is 6.08 Å². The molecule has 2 nitrogen and oxygen atoms in total. The van der Waals surface area contributed by atoms with Crippen molar-refractivity contribution < 1.29 is 9.32 Å². The highest BCUT2D eigenvalue weighted by atomic mass is 31.1. The maximum Gasteiger partial charge on any atom is 0.332 e. The Morgan fingerprint density at radius 3 is 2.75 bits per heavy atom. The number of carbonyl (C=O) groups excluding carboxylic acids is 1. The van der Waals surface area contributed by atoms with Gasteiger partial charge in [0.15, 0.2) is 0 Å². The van der Waals surface area contributed by atoms with E-state index in [1.807, 2.05) is 0 Å². The Kier molecular flexibility index (Phi) is 4.58. The topological polar surface area (TPSA) is 26.3 Å². The number of hydrogen-bond acceptors (Lipinski definition) is 2. The lowest BCUT2D eigenvalue weighted by Crippen LogP contribution is -1.89. The summed E-state index contributed by atoms with van der Waals surface area (Å²) in [5.41, 5.74) is 0. The fraction of sp³-hybridized carbons (Fsp3) is 0.400. The van der Waals surface area contributed by atoms with Crippen molar-refractivity contribution in [3.05, 3.63) is 12.2 Å². The van der Waals surface area contributed by atoms with Crippen LogP contribution in [0.5, 0.6) is 0 Å². The van der Waals surface area contributed by atoms with Gasteiger partial charge < -0.3 is 4.52 Å². The van der Waals surface area contributed by atoms with Crippen molar-refractivity contribution in [2.24, 2.45) is 0 Å². The van der Waals surface area contributed by atoms with Gasteiger partial charge in [-0.25, -0.2) is 4.79 Å². The number of hydrogen-bond donors (Lipinski definition) is 0. The molecule has 0 bridgehead atoms. The third-order valence-electron chi connectivity index (χ3n) is 0.505. The molecule has 3 heteroatoms. The predicted molar refractivity (Wildman–Crippen MR) is 35.1 cm³/mol. The number of allylic oxidation sites excluding steroid dienone is 1. The Morgan fingerprint density at radius 2 is 2.38 bits per heavy atom. The van der Waals surface area contributed by atoms with Crippen LogP contribution in [0.15, 0.2) is 12.2 Å². The van der Waals surface area contributed by atoms with E-state index in [0.717, 1.165) is 0 Å². The Balaban J connectivity index is 3.33. The van der Waals surface area contributed by atoms with Crippen LogP contribution in [0.2, 0.25) is 0 Å². The van der Waals surface area contributed by atoms with Crippen LogP contribution in [0.25, 0.3) is 0 Å². The van der Waals surface area contributed by atoms with Gasteiger partial charge in [0.2, 0.25) is 0 Å². The van der Waals surface area contributed by atoms with Crippen molar-refractivity contribution in [2.45, 2.75) is 6.92 Å². The molecule has 0 fully saturated rings. The van der Waals surface area contributed by atoms with Crippen LogP contribution >= 0.6 is 8.81 Å². The van der Waals surface area contributed by atoms with Gasteiger partial charge in [-0.15, -0.1) is 0 Å². The average molecular weight is 132 g/mol. The van der Waals surface area contributed by atoms with E-state index >= 15 is 0 Å². The van der Waals surface area contributed by atoms with Crippen molar-refractivity contribution in [1.29, 1.82) is 0 Å². The Bertz CT molecular complexity index is 98.6. The van der Waals surface area contributed by atoms with Crippen LogP contribution in [0.1, 0.15) is 6.92 Å². The highest BCUT2D eigenvalue weighted by molar-refractivity contribution is 7.31. The molecular formula is C5H9O2P. The van der Waals surface area contributed by atoms with Gasteiger partial charge in [0.25, 0.3) is 0 Å². The van der Waals surface area contributed by atoms with Gasteiger partial charge in [0, 0.05) is 6.08 Å². The molecule has 0 saturated heterocycles. The first-order valence-corrected chi connectivity index (χ1v) is 3.72. The summed E-state index contributed by atoms with van der Waals surface area (Å²) >= 11 is 0. The normalized spacial score (nSPS) is 11.2. The molecule has 0 N–H and O–H groups in total. The van der Waals surface area contributed by atoms with Crippen LogP contribution in [-0.2, 0) is 9.32 Å². The molecule has 0 amide bonds. The molecule has 0 aromatic carbocycles. The van der Waals surface area contributed by atoms with Crippen molar-refractivity contribution in [2.75, 3.05) is 6.66 Å². The zero-order chi connectivity index (χ0) is 6.41. The molecule has 1 unspecified atom stereocenters. The minimum Gasteiger partial charge on any atom is -0.445 e. The Labute approximate surface area is 50.8 Å². The summed E-state index contributed by atoms with van der Waals surface area (Å²) in [7, 11) is 0.247. The zero-order valence-electron chi connectivity index (χ0n) is 4.97. The average Bonchev–Trinajstić information content (AvgIpc) is 1.68. The summed E-state index contributed by atoms with van der Waals surface area (Å²) in [5.74, 6) is -0.256. The molecule has 46 valence electrons. The first-order chi connectivity index (χ1) is 3.81. The second-order valence-corrected chi connectivity index (χ2v) is 1.74. The van der Waals surface area contributed by atoms with Gasteiger partial charge in [-0.2, -0.15) is 0 Å². The molecule has 0 saturated carbocycles. The molecule has 0 aliphatic heterocycles. The summed E-state index contributed by atoms with van der Waals surface area (Å²) in [4.78, 5) is 10.3. The van der Waals surface area contributed by atoms with Crippen molar-refractivity contribution in [3.63, 3.8) is 0 Å². The van der Waals surface area contributed by atoms with E-state index in [4.69, 9.17) is 0 Å². The molecule has 0 aliphatic rings. The molecule has 1 atom stereocenters. The second kappa shape index (κ2) is 4.79. The third-order valence-corrected chi connectivity index (χ3v) is 0.911. The Hall–Kier alpha value is -0.360. The first kappa shape index (κ1) is 7.64. The van der Waals surface area contributed by atoms with Gasteiger partial charge in [0.1, 0.15) is 0 Å². The largest absolute Gasteiger partial charge is 0.445 e. The second-order valence-electron chi connectivity index (χ2n) is 1.13. The van der Waals surface area contributed by atoms with Crippen molar-refractivity contribution >= 4 is 14.8 Å². The van der Waals surface area contributed by atoms with Gasteiger partial charge in [-0.05, 0) is 13.6 Å². The van der Waals surface area contributed by atoms with Crippen molar-refractivity contribution in [3.8, 4) is 0 Å². The summed E-state index contributed by atoms with van der Waals surface area (Å²) in [6.07, 6.45) is 3.05. The zero-order valence-corrected chi connectivity index (χ0v) is 5.97. The molecular weight excluding hydrogens is 123 g/mol. The van der Waals surface area contributed by atoms with Crippen LogP contribution in [0.3, 0.4) is 0 Å². The van der Waals surface area contributed by atoms with Crippen LogP contribution in [0.4, 0.5) is 0 Å². The van der Waals surface area contributed by atoms with E-state index < -0.39 is 0 Å². The maximum absolute atomic E-state index is 10.3. The molecule has 0 spiro atoms. The molecule has 0 aliphatic carbocycles.